The smallest absolute Gasteiger partial charge is 0.257 e. The molecule has 7 heteroatoms. The van der Waals surface area contributed by atoms with Crippen molar-refractivity contribution in [3.8, 4) is 11.5 Å². The third kappa shape index (κ3) is 5.24. The van der Waals surface area contributed by atoms with Crippen molar-refractivity contribution in [1.82, 2.24) is 10.3 Å². The second-order valence-electron chi connectivity index (χ2n) is 8.01. The quantitative estimate of drug-likeness (QED) is 0.300. The number of carbonyl (C=O) groups is 1. The fraction of sp³-hybridized carbons (Fsp3) is 0.192. The van der Waals surface area contributed by atoms with Gasteiger partial charge in [-0.15, -0.1) is 0 Å². The predicted octanol–water partition coefficient (Wildman–Crippen LogP) is 7.10. The van der Waals surface area contributed by atoms with Crippen LogP contribution in [0.15, 0.2) is 65.1 Å². The van der Waals surface area contributed by atoms with Crippen LogP contribution in [0.1, 0.15) is 47.7 Å². The summed E-state index contributed by atoms with van der Waals surface area (Å²) in [5.74, 6) is 0.662. The molecule has 0 unspecified atom stereocenters. The minimum absolute atomic E-state index is 0.185. The number of fused-ring (bicyclic) bond motifs is 1. The summed E-state index contributed by atoms with van der Waals surface area (Å²) in [5.41, 5.74) is 5.68. The minimum atomic E-state index is -0.332. The molecule has 1 amide bonds. The van der Waals surface area contributed by atoms with Gasteiger partial charge in [0.2, 0.25) is 5.89 Å². The fourth-order valence-corrected chi connectivity index (χ4v) is 3.80. The van der Waals surface area contributed by atoms with Gasteiger partial charge in [0.15, 0.2) is 10.7 Å². The summed E-state index contributed by atoms with van der Waals surface area (Å²) in [6, 6.07) is 18.8. The van der Waals surface area contributed by atoms with Crippen molar-refractivity contribution in [2.24, 2.45) is 0 Å². The van der Waals surface area contributed by atoms with Crippen LogP contribution in [0, 0.1) is 6.92 Å². The number of nitrogens with one attached hydrogen (secondary N) is 2. The molecule has 1 aromatic heterocycles. The number of nitrogens with zero attached hydrogens (tertiary/aromatic N) is 1. The van der Waals surface area contributed by atoms with Crippen molar-refractivity contribution >= 4 is 51.6 Å². The van der Waals surface area contributed by atoms with Crippen LogP contribution in [-0.4, -0.2) is 16.0 Å². The van der Waals surface area contributed by atoms with E-state index in [9.17, 15) is 4.79 Å². The van der Waals surface area contributed by atoms with Crippen LogP contribution in [0.4, 0.5) is 5.69 Å². The van der Waals surface area contributed by atoms with E-state index in [0.29, 0.717) is 28.1 Å². The van der Waals surface area contributed by atoms with Gasteiger partial charge >= 0.3 is 0 Å². The highest BCUT2D eigenvalue weighted by atomic mass is 35.5. The van der Waals surface area contributed by atoms with Crippen molar-refractivity contribution in [2.45, 2.75) is 33.1 Å². The van der Waals surface area contributed by atoms with Gasteiger partial charge in [0.05, 0.1) is 0 Å². The summed E-state index contributed by atoms with van der Waals surface area (Å²) in [4.78, 5) is 17.1. The third-order valence-corrected chi connectivity index (χ3v) is 6.23. The average molecular weight is 478 g/mol. The first kappa shape index (κ1) is 23.0. The maximum atomic E-state index is 12.5. The van der Waals surface area contributed by atoms with E-state index in [4.69, 9.17) is 28.2 Å². The van der Waals surface area contributed by atoms with E-state index in [2.05, 4.69) is 41.6 Å². The monoisotopic (exact) mass is 477 g/mol. The van der Waals surface area contributed by atoms with Crippen molar-refractivity contribution in [1.29, 1.82) is 0 Å². The van der Waals surface area contributed by atoms with Crippen molar-refractivity contribution < 1.29 is 9.21 Å². The van der Waals surface area contributed by atoms with Crippen molar-refractivity contribution in [2.75, 3.05) is 5.32 Å². The molecular weight excluding hydrogens is 454 g/mol. The Morgan fingerprint density at radius 2 is 1.97 bits per heavy atom. The zero-order chi connectivity index (χ0) is 23.5. The molecule has 0 aliphatic heterocycles. The van der Waals surface area contributed by atoms with Gasteiger partial charge in [-0.25, -0.2) is 4.98 Å². The van der Waals surface area contributed by atoms with Crippen LogP contribution >= 0.6 is 23.8 Å². The molecule has 1 heterocycles. The van der Waals surface area contributed by atoms with Gasteiger partial charge in [-0.3, -0.25) is 10.1 Å². The van der Waals surface area contributed by atoms with Gasteiger partial charge in [-0.1, -0.05) is 43.6 Å². The molecule has 4 rings (SSSR count). The molecule has 0 aliphatic rings. The van der Waals surface area contributed by atoms with Crippen LogP contribution in [0.3, 0.4) is 0 Å². The molecule has 5 nitrogen and oxygen atoms in total. The van der Waals surface area contributed by atoms with E-state index in [1.54, 1.807) is 18.2 Å². The Kier molecular flexibility index (Phi) is 6.77. The molecule has 4 aromatic rings. The van der Waals surface area contributed by atoms with Gasteiger partial charge in [0.25, 0.3) is 5.91 Å². The molecule has 0 saturated heterocycles. The molecule has 3 aromatic carbocycles. The van der Waals surface area contributed by atoms with Crippen LogP contribution in [0.2, 0.25) is 5.02 Å². The standard InChI is InChI=1S/C26H24ClN3O2S/c1-4-15(2)17-10-11-23-22(14-17)29-25(32-23)19-6-5-7-20(12-19)28-26(33)30-24(31)18-9-8-16(3)21(27)13-18/h5-15H,4H2,1-3H3,(H2,28,30,31,33)/t15-/m1/s1. The van der Waals surface area contributed by atoms with Gasteiger partial charge in [-0.2, -0.15) is 0 Å². The second kappa shape index (κ2) is 9.73. The molecule has 0 radical (unpaired) electrons. The van der Waals surface area contributed by atoms with E-state index in [1.807, 2.05) is 37.3 Å². The van der Waals surface area contributed by atoms with Crippen LogP contribution < -0.4 is 10.6 Å². The third-order valence-electron chi connectivity index (χ3n) is 5.62. The van der Waals surface area contributed by atoms with Crippen molar-refractivity contribution in [3.05, 3.63) is 82.4 Å². The number of oxazole rings is 1. The first-order valence-electron chi connectivity index (χ1n) is 10.7. The zero-order valence-electron chi connectivity index (χ0n) is 18.6. The number of carbonyl (C=O) groups excluding carboxylic acids is 1. The topological polar surface area (TPSA) is 67.2 Å². The van der Waals surface area contributed by atoms with E-state index in [0.717, 1.165) is 28.6 Å². The number of thiocarbonyl (C=S) groups is 1. The number of aryl methyl sites for hydroxylation is 1. The molecular formula is C26H24ClN3O2S. The number of rotatable bonds is 5. The number of hydrogen-bond acceptors (Lipinski definition) is 4. The molecule has 0 saturated carbocycles. The van der Waals surface area contributed by atoms with E-state index < -0.39 is 0 Å². The molecule has 1 atom stereocenters. The Morgan fingerprint density at radius 1 is 1.15 bits per heavy atom. The molecule has 0 aliphatic carbocycles. The van der Waals surface area contributed by atoms with Crippen LogP contribution in [0.25, 0.3) is 22.6 Å². The predicted molar refractivity (Wildman–Crippen MR) is 138 cm³/mol. The Balaban J connectivity index is 1.49. The largest absolute Gasteiger partial charge is 0.436 e. The SMILES string of the molecule is CC[C@@H](C)c1ccc2oc(-c3cccc(NC(=S)NC(=O)c4ccc(C)c(Cl)c4)c3)nc2c1. The highest BCUT2D eigenvalue weighted by Gasteiger charge is 2.13. The lowest BCUT2D eigenvalue weighted by Gasteiger charge is -2.10. The average Bonchev–Trinajstić information content (AvgIpc) is 3.24. The number of aromatic nitrogens is 1. The second-order valence-corrected chi connectivity index (χ2v) is 8.82. The number of benzene rings is 3. The summed E-state index contributed by atoms with van der Waals surface area (Å²) in [5, 5.41) is 6.44. The maximum absolute atomic E-state index is 12.5. The Bertz CT molecular complexity index is 1350. The number of halogens is 1. The van der Waals surface area contributed by atoms with Gasteiger partial charge in [-0.05, 0) is 85.1 Å². The molecule has 0 bridgehead atoms. The molecule has 2 N–H and O–H groups in total. The van der Waals surface area contributed by atoms with E-state index in [1.165, 1.54) is 5.56 Å². The van der Waals surface area contributed by atoms with Crippen LogP contribution in [-0.2, 0) is 0 Å². The molecule has 0 fully saturated rings. The lowest BCUT2D eigenvalue weighted by Crippen LogP contribution is -2.34. The summed E-state index contributed by atoms with van der Waals surface area (Å²) in [6.07, 6.45) is 1.07. The lowest BCUT2D eigenvalue weighted by atomic mass is 9.98. The first-order chi connectivity index (χ1) is 15.8. The normalized spacial score (nSPS) is 11.9. The minimum Gasteiger partial charge on any atom is -0.436 e. The van der Waals surface area contributed by atoms with E-state index >= 15 is 0 Å². The summed E-state index contributed by atoms with van der Waals surface area (Å²) >= 11 is 11.4. The Morgan fingerprint density at radius 3 is 2.73 bits per heavy atom. The zero-order valence-corrected chi connectivity index (χ0v) is 20.2. The van der Waals surface area contributed by atoms with Crippen LogP contribution in [0.5, 0.6) is 0 Å². The van der Waals surface area contributed by atoms with Crippen molar-refractivity contribution in [3.63, 3.8) is 0 Å². The number of hydrogen-bond donors (Lipinski definition) is 2. The molecule has 0 spiro atoms. The molecule has 33 heavy (non-hydrogen) atoms. The van der Waals surface area contributed by atoms with Gasteiger partial charge < -0.3 is 9.73 Å². The fourth-order valence-electron chi connectivity index (χ4n) is 3.41. The van der Waals surface area contributed by atoms with Gasteiger partial charge in [0, 0.05) is 21.8 Å². The Labute approximate surface area is 203 Å². The highest BCUT2D eigenvalue weighted by Crippen LogP contribution is 2.29. The summed E-state index contributed by atoms with van der Waals surface area (Å²) in [7, 11) is 0. The lowest BCUT2D eigenvalue weighted by molar-refractivity contribution is 0.0977. The first-order valence-corrected chi connectivity index (χ1v) is 11.5. The summed E-state index contributed by atoms with van der Waals surface area (Å²) in [6.45, 7) is 6.25. The van der Waals surface area contributed by atoms with E-state index in [-0.39, 0.29) is 11.0 Å². The Hall–Kier alpha value is -3.22. The summed E-state index contributed by atoms with van der Waals surface area (Å²) < 4.78 is 5.97. The molecule has 168 valence electrons. The number of amides is 1. The maximum Gasteiger partial charge on any atom is 0.257 e. The number of anilines is 1. The van der Waals surface area contributed by atoms with Gasteiger partial charge in [0.1, 0.15) is 5.52 Å². The highest BCUT2D eigenvalue weighted by molar-refractivity contribution is 7.80.